The molecule has 1 amide bonds. The number of carbonyl (C=O) groups excluding carboxylic acids is 1. The molecule has 1 unspecified atom stereocenters. The number of aliphatic hydroxyl groups excluding tert-OH is 1. The third-order valence-corrected chi connectivity index (χ3v) is 3.64. The Labute approximate surface area is 126 Å². The predicted octanol–water partition coefficient (Wildman–Crippen LogP) is 3.22. The van der Waals surface area contributed by atoms with Crippen LogP contribution in [0.2, 0.25) is 0 Å². The molecule has 0 saturated carbocycles. The maximum atomic E-state index is 11.9. The van der Waals surface area contributed by atoms with Crippen molar-refractivity contribution >= 4 is 21.8 Å². The van der Waals surface area contributed by atoms with Crippen molar-refractivity contribution in [1.29, 1.82) is 0 Å². The summed E-state index contributed by atoms with van der Waals surface area (Å²) in [5, 5.41) is 12.9. The largest absolute Gasteiger partial charge is 0.387 e. The first-order valence-electron chi connectivity index (χ1n) is 6.35. The predicted molar refractivity (Wildman–Crippen MR) is 82.6 cm³/mol. The summed E-state index contributed by atoms with van der Waals surface area (Å²) in [4.78, 5) is 11.9. The highest BCUT2D eigenvalue weighted by molar-refractivity contribution is 9.10. The topological polar surface area (TPSA) is 49.3 Å². The molecule has 0 heterocycles. The number of aliphatic hydroxyl groups is 1. The Balaban J connectivity index is 1.97. The van der Waals surface area contributed by atoms with E-state index in [0.717, 1.165) is 15.6 Å². The lowest BCUT2D eigenvalue weighted by Crippen LogP contribution is -2.28. The number of carbonyl (C=O) groups is 1. The van der Waals surface area contributed by atoms with E-state index >= 15 is 0 Å². The minimum Gasteiger partial charge on any atom is -0.387 e. The van der Waals surface area contributed by atoms with Crippen LogP contribution in [0, 0.1) is 6.92 Å². The summed E-state index contributed by atoms with van der Waals surface area (Å²) in [6, 6.07) is 14.7. The summed E-state index contributed by atoms with van der Waals surface area (Å²) in [5.74, 6) is -0.190. The Kier molecular flexibility index (Phi) is 4.93. The van der Waals surface area contributed by atoms with Gasteiger partial charge in [0.1, 0.15) is 0 Å². The molecule has 2 aromatic carbocycles. The molecule has 0 aliphatic carbocycles. The highest BCUT2D eigenvalue weighted by Crippen LogP contribution is 2.16. The van der Waals surface area contributed by atoms with Gasteiger partial charge in [-0.2, -0.15) is 0 Å². The van der Waals surface area contributed by atoms with E-state index in [2.05, 4.69) is 21.2 Å². The zero-order chi connectivity index (χ0) is 14.5. The number of amides is 1. The monoisotopic (exact) mass is 333 g/mol. The standard InChI is InChI=1S/C16H16BrNO2/c1-11-4-2-3-5-14(11)15(19)10-18-16(20)12-6-8-13(17)9-7-12/h2-9,15,19H,10H2,1H3,(H,18,20). The van der Waals surface area contributed by atoms with Crippen LogP contribution in [-0.4, -0.2) is 17.6 Å². The molecule has 1 atom stereocenters. The average Bonchev–Trinajstić information content (AvgIpc) is 2.45. The van der Waals surface area contributed by atoms with Gasteiger partial charge in [0, 0.05) is 16.6 Å². The van der Waals surface area contributed by atoms with Crippen LogP contribution in [0.3, 0.4) is 0 Å². The van der Waals surface area contributed by atoms with Gasteiger partial charge in [0.15, 0.2) is 0 Å². The Morgan fingerprint density at radius 3 is 2.50 bits per heavy atom. The van der Waals surface area contributed by atoms with Gasteiger partial charge in [-0.15, -0.1) is 0 Å². The van der Waals surface area contributed by atoms with Crippen LogP contribution in [0.1, 0.15) is 27.6 Å². The smallest absolute Gasteiger partial charge is 0.251 e. The minimum absolute atomic E-state index is 0.190. The number of aryl methyl sites for hydroxylation is 1. The second-order valence-corrected chi connectivity index (χ2v) is 5.50. The summed E-state index contributed by atoms with van der Waals surface area (Å²) in [6.07, 6.45) is -0.699. The average molecular weight is 334 g/mol. The number of hydrogen-bond donors (Lipinski definition) is 2. The molecule has 2 N–H and O–H groups in total. The molecule has 0 aliphatic heterocycles. The van der Waals surface area contributed by atoms with Crippen LogP contribution in [0.25, 0.3) is 0 Å². The first-order valence-corrected chi connectivity index (χ1v) is 7.14. The van der Waals surface area contributed by atoms with Crippen LogP contribution in [0.5, 0.6) is 0 Å². The summed E-state index contributed by atoms with van der Waals surface area (Å²) in [5.41, 5.74) is 2.42. The maximum absolute atomic E-state index is 11.9. The number of rotatable bonds is 4. The van der Waals surface area contributed by atoms with Gasteiger partial charge in [-0.1, -0.05) is 40.2 Å². The highest BCUT2D eigenvalue weighted by atomic mass is 79.9. The SMILES string of the molecule is Cc1ccccc1C(O)CNC(=O)c1ccc(Br)cc1. The van der Waals surface area contributed by atoms with Gasteiger partial charge in [-0.25, -0.2) is 0 Å². The molecule has 3 nitrogen and oxygen atoms in total. The van der Waals surface area contributed by atoms with E-state index in [4.69, 9.17) is 0 Å². The van der Waals surface area contributed by atoms with E-state index in [1.807, 2.05) is 43.3 Å². The molecule has 0 saturated heterocycles. The third-order valence-electron chi connectivity index (χ3n) is 3.11. The zero-order valence-electron chi connectivity index (χ0n) is 11.1. The number of halogens is 1. The summed E-state index contributed by atoms with van der Waals surface area (Å²) in [6.45, 7) is 2.13. The van der Waals surface area contributed by atoms with Crippen molar-refractivity contribution < 1.29 is 9.90 Å². The normalized spacial score (nSPS) is 11.9. The lowest BCUT2D eigenvalue weighted by molar-refractivity contribution is 0.0916. The molecule has 0 bridgehead atoms. The summed E-state index contributed by atoms with van der Waals surface area (Å²) in [7, 11) is 0. The lowest BCUT2D eigenvalue weighted by Gasteiger charge is -2.14. The lowest BCUT2D eigenvalue weighted by atomic mass is 10.0. The molecule has 0 radical (unpaired) electrons. The summed E-state index contributed by atoms with van der Waals surface area (Å²) >= 11 is 3.32. The molecule has 2 aromatic rings. The van der Waals surface area contributed by atoms with E-state index < -0.39 is 6.10 Å². The molecule has 104 valence electrons. The highest BCUT2D eigenvalue weighted by Gasteiger charge is 2.12. The second-order valence-electron chi connectivity index (χ2n) is 4.59. The van der Waals surface area contributed by atoms with Crippen molar-refractivity contribution in [3.05, 3.63) is 69.7 Å². The van der Waals surface area contributed by atoms with Crippen LogP contribution >= 0.6 is 15.9 Å². The summed E-state index contributed by atoms with van der Waals surface area (Å²) < 4.78 is 0.925. The Morgan fingerprint density at radius 1 is 1.20 bits per heavy atom. The van der Waals surface area contributed by atoms with E-state index in [9.17, 15) is 9.90 Å². The molecule has 4 heteroatoms. The number of hydrogen-bond acceptors (Lipinski definition) is 2. The van der Waals surface area contributed by atoms with Crippen LogP contribution < -0.4 is 5.32 Å². The van der Waals surface area contributed by atoms with Crippen LogP contribution in [-0.2, 0) is 0 Å². The molecule has 0 aromatic heterocycles. The fraction of sp³-hybridized carbons (Fsp3) is 0.188. The first kappa shape index (κ1) is 14.8. The fourth-order valence-corrected chi connectivity index (χ4v) is 2.23. The zero-order valence-corrected chi connectivity index (χ0v) is 12.7. The molecule has 0 spiro atoms. The Hall–Kier alpha value is -1.65. The van der Waals surface area contributed by atoms with Gasteiger partial charge in [-0.3, -0.25) is 4.79 Å². The van der Waals surface area contributed by atoms with E-state index in [1.165, 1.54) is 0 Å². The second kappa shape index (κ2) is 6.68. The maximum Gasteiger partial charge on any atom is 0.251 e. The van der Waals surface area contributed by atoms with Crippen molar-refractivity contribution in [3.8, 4) is 0 Å². The molecule has 0 aliphatic rings. The van der Waals surface area contributed by atoms with Crippen molar-refractivity contribution in [3.63, 3.8) is 0 Å². The van der Waals surface area contributed by atoms with Crippen LogP contribution in [0.15, 0.2) is 53.0 Å². The van der Waals surface area contributed by atoms with Crippen molar-refractivity contribution in [2.45, 2.75) is 13.0 Å². The van der Waals surface area contributed by atoms with Crippen molar-refractivity contribution in [1.82, 2.24) is 5.32 Å². The Morgan fingerprint density at radius 2 is 1.85 bits per heavy atom. The number of nitrogens with one attached hydrogen (secondary N) is 1. The van der Waals surface area contributed by atoms with Gasteiger partial charge < -0.3 is 10.4 Å². The molecule has 2 rings (SSSR count). The number of benzene rings is 2. The molecule has 0 fully saturated rings. The van der Waals surface area contributed by atoms with Gasteiger partial charge >= 0.3 is 0 Å². The van der Waals surface area contributed by atoms with Gasteiger partial charge in [-0.05, 0) is 42.3 Å². The first-order chi connectivity index (χ1) is 9.58. The van der Waals surface area contributed by atoms with Crippen molar-refractivity contribution in [2.75, 3.05) is 6.54 Å². The third kappa shape index (κ3) is 3.68. The molecule has 20 heavy (non-hydrogen) atoms. The van der Waals surface area contributed by atoms with Gasteiger partial charge in [0.25, 0.3) is 5.91 Å². The van der Waals surface area contributed by atoms with Crippen molar-refractivity contribution in [2.24, 2.45) is 0 Å². The minimum atomic E-state index is -0.699. The van der Waals surface area contributed by atoms with Crippen LogP contribution in [0.4, 0.5) is 0 Å². The molecular formula is C16H16BrNO2. The fourth-order valence-electron chi connectivity index (χ4n) is 1.96. The van der Waals surface area contributed by atoms with E-state index in [1.54, 1.807) is 12.1 Å². The van der Waals surface area contributed by atoms with E-state index in [0.29, 0.717) is 5.56 Å². The van der Waals surface area contributed by atoms with Gasteiger partial charge in [0.2, 0.25) is 0 Å². The van der Waals surface area contributed by atoms with E-state index in [-0.39, 0.29) is 12.5 Å². The van der Waals surface area contributed by atoms with Gasteiger partial charge in [0.05, 0.1) is 6.10 Å². The molecular weight excluding hydrogens is 318 g/mol. The quantitative estimate of drug-likeness (QED) is 0.902. The Bertz CT molecular complexity index is 596.